The van der Waals surface area contributed by atoms with Crippen LogP contribution in [0.3, 0.4) is 0 Å². The average molecular weight is 441 g/mol. The van der Waals surface area contributed by atoms with Gasteiger partial charge in [0.2, 0.25) is 0 Å². The van der Waals surface area contributed by atoms with E-state index >= 15 is 0 Å². The third-order valence-corrected chi connectivity index (χ3v) is 6.95. The van der Waals surface area contributed by atoms with Crippen LogP contribution in [-0.2, 0) is 0 Å². The number of likely N-dealkylation sites (tertiary alicyclic amines) is 1. The van der Waals surface area contributed by atoms with Crippen LogP contribution in [0.15, 0.2) is 54.7 Å². The van der Waals surface area contributed by atoms with Crippen LogP contribution >= 0.6 is 0 Å². The maximum Gasteiger partial charge on any atom is 0.253 e. The molecule has 0 saturated carbocycles. The molecule has 3 heterocycles. The van der Waals surface area contributed by atoms with Crippen molar-refractivity contribution in [3.05, 3.63) is 77.4 Å². The Labute approximate surface area is 196 Å². The van der Waals surface area contributed by atoms with Crippen LogP contribution in [-0.4, -0.2) is 47.0 Å². The molecule has 2 aliphatic rings. The van der Waals surface area contributed by atoms with Crippen molar-refractivity contribution in [1.82, 2.24) is 14.9 Å². The first-order chi connectivity index (χ1) is 16.1. The van der Waals surface area contributed by atoms with Gasteiger partial charge < -0.3 is 9.80 Å². The molecule has 0 aliphatic carbocycles. The highest BCUT2D eigenvalue weighted by Gasteiger charge is 2.28. The zero-order valence-electron chi connectivity index (χ0n) is 19.6. The van der Waals surface area contributed by atoms with E-state index in [-0.39, 0.29) is 11.8 Å². The first kappa shape index (κ1) is 21.6. The van der Waals surface area contributed by atoms with Crippen LogP contribution in [0, 0.1) is 13.8 Å². The van der Waals surface area contributed by atoms with Crippen molar-refractivity contribution in [1.29, 1.82) is 0 Å². The molecule has 170 valence electrons. The Balaban J connectivity index is 1.37. The SMILES string of the molecule is Cc1cccc(-c2cnc(C)nc2C2CCCN(C(=O)c3ccc(N4CCCC4)cc3)C2)c1. The number of carbonyl (C=O) groups excluding carboxylic acids is 1. The van der Waals surface area contributed by atoms with E-state index in [4.69, 9.17) is 4.98 Å². The van der Waals surface area contributed by atoms with Crippen molar-refractivity contribution >= 4 is 11.6 Å². The quantitative estimate of drug-likeness (QED) is 0.546. The molecular weight excluding hydrogens is 408 g/mol. The summed E-state index contributed by atoms with van der Waals surface area (Å²) in [6, 6.07) is 16.7. The van der Waals surface area contributed by atoms with Gasteiger partial charge in [0.05, 0.1) is 5.69 Å². The third-order valence-electron chi connectivity index (χ3n) is 6.95. The van der Waals surface area contributed by atoms with E-state index in [9.17, 15) is 4.79 Å². The minimum atomic E-state index is 0.121. The Hall–Kier alpha value is -3.21. The van der Waals surface area contributed by atoms with Gasteiger partial charge in [-0.05, 0) is 69.4 Å². The van der Waals surface area contributed by atoms with Gasteiger partial charge in [0.15, 0.2) is 0 Å². The predicted octanol–water partition coefficient (Wildman–Crippen LogP) is 5.38. The zero-order valence-corrected chi connectivity index (χ0v) is 19.6. The lowest BCUT2D eigenvalue weighted by Gasteiger charge is -2.33. The molecule has 3 aromatic rings. The Morgan fingerprint density at radius 3 is 2.52 bits per heavy atom. The van der Waals surface area contributed by atoms with E-state index in [1.54, 1.807) is 0 Å². The lowest BCUT2D eigenvalue weighted by molar-refractivity contribution is 0.0706. The largest absolute Gasteiger partial charge is 0.372 e. The fraction of sp³-hybridized carbons (Fsp3) is 0.393. The van der Waals surface area contributed by atoms with E-state index in [2.05, 4.69) is 53.2 Å². The van der Waals surface area contributed by atoms with Crippen LogP contribution in [0.1, 0.15) is 59.0 Å². The molecule has 0 spiro atoms. The maximum atomic E-state index is 13.4. The van der Waals surface area contributed by atoms with E-state index < -0.39 is 0 Å². The van der Waals surface area contributed by atoms with E-state index in [0.717, 1.165) is 60.7 Å². The summed E-state index contributed by atoms with van der Waals surface area (Å²) >= 11 is 0. The summed E-state index contributed by atoms with van der Waals surface area (Å²) in [5, 5.41) is 0. The number of piperidine rings is 1. The summed E-state index contributed by atoms with van der Waals surface area (Å²) in [5.74, 6) is 1.11. The molecule has 5 heteroatoms. The fourth-order valence-electron chi connectivity index (χ4n) is 5.19. The molecule has 1 aromatic heterocycles. The number of aryl methyl sites for hydroxylation is 2. The molecular formula is C28H32N4O. The van der Waals surface area contributed by atoms with Gasteiger partial charge in [0.1, 0.15) is 5.82 Å². The fourth-order valence-corrected chi connectivity index (χ4v) is 5.19. The molecule has 2 aromatic carbocycles. The number of amides is 1. The second kappa shape index (κ2) is 9.34. The van der Waals surface area contributed by atoms with Crippen molar-refractivity contribution in [3.8, 4) is 11.1 Å². The van der Waals surface area contributed by atoms with Crippen LogP contribution in [0.5, 0.6) is 0 Å². The molecule has 33 heavy (non-hydrogen) atoms. The molecule has 5 rings (SSSR count). The van der Waals surface area contributed by atoms with Crippen LogP contribution < -0.4 is 4.90 Å². The number of anilines is 1. The van der Waals surface area contributed by atoms with Gasteiger partial charge in [-0.25, -0.2) is 9.97 Å². The molecule has 2 fully saturated rings. The van der Waals surface area contributed by atoms with Crippen molar-refractivity contribution in [2.24, 2.45) is 0 Å². The number of rotatable bonds is 4. The molecule has 2 aliphatic heterocycles. The summed E-state index contributed by atoms with van der Waals surface area (Å²) in [6.45, 7) is 7.77. The van der Waals surface area contributed by atoms with Gasteiger partial charge in [0, 0.05) is 55.1 Å². The molecule has 0 bridgehead atoms. The first-order valence-electron chi connectivity index (χ1n) is 12.1. The van der Waals surface area contributed by atoms with Gasteiger partial charge in [-0.1, -0.05) is 29.8 Å². The molecule has 5 nitrogen and oxygen atoms in total. The Morgan fingerprint density at radius 2 is 1.76 bits per heavy atom. The summed E-state index contributed by atoms with van der Waals surface area (Å²) in [7, 11) is 0. The topological polar surface area (TPSA) is 49.3 Å². The van der Waals surface area contributed by atoms with Gasteiger partial charge in [0.25, 0.3) is 5.91 Å². The van der Waals surface area contributed by atoms with Gasteiger partial charge >= 0.3 is 0 Å². The predicted molar refractivity (Wildman–Crippen MR) is 133 cm³/mol. The normalized spacial score (nSPS) is 18.5. The number of nitrogens with zero attached hydrogens (tertiary/aromatic N) is 4. The number of aromatic nitrogens is 2. The van der Waals surface area contributed by atoms with Gasteiger partial charge in [-0.3, -0.25) is 4.79 Å². The standard InChI is InChI=1S/C28H32N4O/c1-20-7-5-8-23(17-20)26-18-29-21(2)30-27(26)24-9-6-16-32(19-24)28(33)22-10-12-25(13-11-22)31-14-3-4-15-31/h5,7-8,10-13,17-18,24H,3-4,6,9,14-16,19H2,1-2H3. The van der Waals surface area contributed by atoms with E-state index in [0.29, 0.717) is 6.54 Å². The van der Waals surface area contributed by atoms with Gasteiger partial charge in [-0.2, -0.15) is 0 Å². The number of hydrogen-bond donors (Lipinski definition) is 0. The lowest BCUT2D eigenvalue weighted by Crippen LogP contribution is -2.39. The van der Waals surface area contributed by atoms with Gasteiger partial charge in [-0.15, -0.1) is 0 Å². The Kier molecular flexibility index (Phi) is 6.12. The van der Waals surface area contributed by atoms with Crippen LogP contribution in [0.25, 0.3) is 11.1 Å². The van der Waals surface area contributed by atoms with Crippen molar-refractivity contribution in [2.75, 3.05) is 31.1 Å². The third kappa shape index (κ3) is 4.63. The second-order valence-electron chi connectivity index (χ2n) is 9.42. The highest BCUT2D eigenvalue weighted by Crippen LogP contribution is 2.34. The summed E-state index contributed by atoms with van der Waals surface area (Å²) in [5.41, 5.74) is 6.51. The molecule has 1 amide bonds. The second-order valence-corrected chi connectivity index (χ2v) is 9.42. The lowest BCUT2D eigenvalue weighted by atomic mass is 9.89. The molecule has 1 atom stereocenters. The molecule has 2 saturated heterocycles. The average Bonchev–Trinajstić information content (AvgIpc) is 3.39. The Morgan fingerprint density at radius 1 is 0.970 bits per heavy atom. The number of carbonyl (C=O) groups is 1. The molecule has 0 radical (unpaired) electrons. The van der Waals surface area contributed by atoms with Crippen LogP contribution in [0.4, 0.5) is 5.69 Å². The minimum absolute atomic E-state index is 0.121. The number of hydrogen-bond acceptors (Lipinski definition) is 4. The first-order valence-corrected chi connectivity index (χ1v) is 12.1. The molecule has 1 unspecified atom stereocenters. The summed E-state index contributed by atoms with van der Waals surface area (Å²) < 4.78 is 0. The van der Waals surface area contributed by atoms with Crippen molar-refractivity contribution in [3.63, 3.8) is 0 Å². The maximum absolute atomic E-state index is 13.4. The van der Waals surface area contributed by atoms with Crippen molar-refractivity contribution in [2.45, 2.75) is 45.4 Å². The summed E-state index contributed by atoms with van der Waals surface area (Å²) in [6.07, 6.45) is 6.47. The monoisotopic (exact) mass is 440 g/mol. The van der Waals surface area contributed by atoms with E-state index in [1.807, 2.05) is 30.2 Å². The smallest absolute Gasteiger partial charge is 0.253 e. The summed E-state index contributed by atoms with van der Waals surface area (Å²) in [4.78, 5) is 27.1. The van der Waals surface area contributed by atoms with E-state index in [1.165, 1.54) is 24.1 Å². The van der Waals surface area contributed by atoms with Crippen molar-refractivity contribution < 1.29 is 4.79 Å². The molecule has 0 N–H and O–H groups in total. The number of benzene rings is 2. The highest BCUT2D eigenvalue weighted by molar-refractivity contribution is 5.94. The highest BCUT2D eigenvalue weighted by atomic mass is 16.2. The Bertz CT molecular complexity index is 1130. The zero-order chi connectivity index (χ0) is 22.8. The van der Waals surface area contributed by atoms with Crippen LogP contribution in [0.2, 0.25) is 0 Å². The minimum Gasteiger partial charge on any atom is -0.372 e.